The molecule has 0 aliphatic heterocycles. The quantitative estimate of drug-likeness (QED) is 0.768. The number of alkyl halides is 3. The Morgan fingerprint density at radius 2 is 1.93 bits per heavy atom. The predicted molar refractivity (Wildman–Crippen MR) is 51.4 cm³/mol. The van der Waals surface area contributed by atoms with E-state index in [2.05, 4.69) is 5.32 Å². The predicted octanol–water partition coefficient (Wildman–Crippen LogP) is 1.40. The summed E-state index contributed by atoms with van der Waals surface area (Å²) in [5.74, 6) is -0.524. The van der Waals surface area contributed by atoms with Gasteiger partial charge in [0.1, 0.15) is 6.54 Å². The maximum Gasteiger partial charge on any atom is 0.406 e. The van der Waals surface area contributed by atoms with Gasteiger partial charge in [0.15, 0.2) is 0 Å². The maximum absolute atomic E-state index is 12.1. The minimum absolute atomic E-state index is 0.0508. The molecule has 0 spiro atoms. The second-order valence-corrected chi connectivity index (χ2v) is 3.51. The molecule has 0 atom stereocenters. The van der Waals surface area contributed by atoms with Gasteiger partial charge in [-0.2, -0.15) is 13.2 Å². The van der Waals surface area contributed by atoms with E-state index in [4.69, 9.17) is 0 Å². The van der Waals surface area contributed by atoms with Crippen LogP contribution < -0.4 is 5.32 Å². The van der Waals surface area contributed by atoms with E-state index in [1.807, 2.05) is 0 Å². The van der Waals surface area contributed by atoms with Crippen LogP contribution in [0.25, 0.3) is 0 Å². The van der Waals surface area contributed by atoms with E-state index in [1.165, 1.54) is 0 Å². The number of nitrogens with zero attached hydrogens (tertiary/aromatic N) is 1. The summed E-state index contributed by atoms with van der Waals surface area (Å²) in [5, 5.41) is 2.71. The second kappa shape index (κ2) is 5.95. The average molecular weight is 226 g/mol. The largest absolute Gasteiger partial charge is 0.406 e. The third-order valence-electron chi connectivity index (χ3n) is 1.82. The molecule has 0 saturated carbocycles. The fourth-order valence-corrected chi connectivity index (χ4v) is 1.09. The molecule has 0 radical (unpaired) electrons. The Morgan fingerprint density at radius 1 is 1.40 bits per heavy atom. The van der Waals surface area contributed by atoms with E-state index < -0.39 is 24.7 Å². The number of nitrogens with one attached hydrogen (secondary N) is 1. The highest BCUT2D eigenvalue weighted by molar-refractivity contribution is 5.78. The molecule has 0 bridgehead atoms. The van der Waals surface area contributed by atoms with Gasteiger partial charge in [0.2, 0.25) is 5.91 Å². The van der Waals surface area contributed by atoms with Crippen molar-refractivity contribution in [2.24, 2.45) is 0 Å². The van der Waals surface area contributed by atoms with Gasteiger partial charge in [0.05, 0.1) is 6.54 Å². The van der Waals surface area contributed by atoms with Crippen molar-refractivity contribution in [2.75, 3.05) is 19.6 Å². The molecule has 0 unspecified atom stereocenters. The Kier molecular flexibility index (Phi) is 5.64. The standard InChI is InChI=1S/C9H17F3N2O/c1-4-13-5-8(15)14(7(2)3)6-9(10,11)12/h7,13H,4-6H2,1-3H3. The van der Waals surface area contributed by atoms with Crippen LogP contribution in [-0.4, -0.2) is 42.7 Å². The minimum Gasteiger partial charge on any atom is -0.330 e. The molecular weight excluding hydrogens is 209 g/mol. The van der Waals surface area contributed by atoms with Gasteiger partial charge in [-0.3, -0.25) is 4.79 Å². The van der Waals surface area contributed by atoms with Gasteiger partial charge >= 0.3 is 6.18 Å². The molecule has 0 rings (SSSR count). The van der Waals surface area contributed by atoms with Gasteiger partial charge in [0.25, 0.3) is 0 Å². The molecule has 0 fully saturated rings. The summed E-state index contributed by atoms with van der Waals surface area (Å²) < 4.78 is 36.4. The first kappa shape index (κ1) is 14.2. The van der Waals surface area contributed by atoms with Crippen molar-refractivity contribution in [1.29, 1.82) is 0 Å². The molecule has 0 aliphatic carbocycles. The van der Waals surface area contributed by atoms with E-state index in [-0.39, 0.29) is 6.54 Å². The van der Waals surface area contributed by atoms with Crippen LogP contribution >= 0.6 is 0 Å². The summed E-state index contributed by atoms with van der Waals surface area (Å²) in [4.78, 5) is 12.2. The zero-order chi connectivity index (χ0) is 12.1. The lowest BCUT2D eigenvalue weighted by molar-refractivity contribution is -0.164. The summed E-state index contributed by atoms with van der Waals surface area (Å²) >= 11 is 0. The molecule has 15 heavy (non-hydrogen) atoms. The fourth-order valence-electron chi connectivity index (χ4n) is 1.09. The highest BCUT2D eigenvalue weighted by atomic mass is 19.4. The zero-order valence-electron chi connectivity index (χ0n) is 9.19. The summed E-state index contributed by atoms with van der Waals surface area (Å²) in [6.07, 6.45) is -4.34. The Bertz CT molecular complexity index is 204. The van der Waals surface area contributed by atoms with Crippen molar-refractivity contribution in [1.82, 2.24) is 10.2 Å². The van der Waals surface area contributed by atoms with Crippen LogP contribution in [0.5, 0.6) is 0 Å². The summed E-state index contributed by atoms with van der Waals surface area (Å²) in [7, 11) is 0. The highest BCUT2D eigenvalue weighted by Crippen LogP contribution is 2.17. The zero-order valence-corrected chi connectivity index (χ0v) is 9.19. The Labute approximate surface area is 87.6 Å². The molecule has 0 aromatic heterocycles. The molecule has 90 valence electrons. The SMILES string of the molecule is CCNCC(=O)N(CC(F)(F)F)C(C)C. The van der Waals surface area contributed by atoms with E-state index in [0.29, 0.717) is 6.54 Å². The number of carbonyl (C=O) groups excluding carboxylic acids is 1. The number of halogens is 3. The Morgan fingerprint density at radius 3 is 2.27 bits per heavy atom. The van der Waals surface area contributed by atoms with Crippen LogP contribution in [0, 0.1) is 0 Å². The number of carbonyl (C=O) groups is 1. The monoisotopic (exact) mass is 226 g/mol. The van der Waals surface area contributed by atoms with Gasteiger partial charge in [-0.25, -0.2) is 0 Å². The van der Waals surface area contributed by atoms with E-state index in [9.17, 15) is 18.0 Å². The van der Waals surface area contributed by atoms with Crippen LogP contribution in [0.3, 0.4) is 0 Å². The molecule has 1 N–H and O–H groups in total. The Balaban J connectivity index is 4.33. The molecule has 6 heteroatoms. The summed E-state index contributed by atoms with van der Waals surface area (Å²) in [6, 6.07) is -0.446. The lowest BCUT2D eigenvalue weighted by Gasteiger charge is -2.27. The van der Waals surface area contributed by atoms with Gasteiger partial charge in [-0.15, -0.1) is 0 Å². The van der Waals surface area contributed by atoms with Crippen molar-refractivity contribution in [3.05, 3.63) is 0 Å². The number of hydrogen-bond acceptors (Lipinski definition) is 2. The van der Waals surface area contributed by atoms with Gasteiger partial charge in [0, 0.05) is 6.04 Å². The molecular formula is C9H17F3N2O. The smallest absolute Gasteiger partial charge is 0.330 e. The van der Waals surface area contributed by atoms with E-state index >= 15 is 0 Å². The number of amides is 1. The minimum atomic E-state index is -4.34. The van der Waals surface area contributed by atoms with Crippen LogP contribution in [0.2, 0.25) is 0 Å². The molecule has 0 aromatic carbocycles. The lowest BCUT2D eigenvalue weighted by Crippen LogP contribution is -2.46. The normalized spacial score (nSPS) is 11.9. The number of hydrogen-bond donors (Lipinski definition) is 1. The molecule has 3 nitrogen and oxygen atoms in total. The highest BCUT2D eigenvalue weighted by Gasteiger charge is 2.33. The Hall–Kier alpha value is -0.780. The number of rotatable bonds is 5. The third kappa shape index (κ3) is 6.33. The number of likely N-dealkylation sites (N-methyl/N-ethyl adjacent to an activating group) is 1. The molecule has 0 aromatic rings. The van der Waals surface area contributed by atoms with Crippen LogP contribution in [0.1, 0.15) is 20.8 Å². The maximum atomic E-state index is 12.1. The first-order chi connectivity index (χ1) is 6.78. The van der Waals surface area contributed by atoms with Crippen LogP contribution in [0.4, 0.5) is 13.2 Å². The van der Waals surface area contributed by atoms with Gasteiger partial charge < -0.3 is 10.2 Å². The summed E-state index contributed by atoms with van der Waals surface area (Å²) in [5.41, 5.74) is 0. The fraction of sp³-hybridized carbons (Fsp3) is 0.889. The van der Waals surface area contributed by atoms with Crippen molar-refractivity contribution in [3.63, 3.8) is 0 Å². The summed E-state index contributed by atoms with van der Waals surface area (Å²) in [6.45, 7) is 4.24. The molecule has 0 aliphatic rings. The average Bonchev–Trinajstić information content (AvgIpc) is 2.08. The molecule has 0 heterocycles. The molecule has 1 amide bonds. The van der Waals surface area contributed by atoms with Crippen molar-refractivity contribution in [3.8, 4) is 0 Å². The first-order valence-electron chi connectivity index (χ1n) is 4.85. The van der Waals surface area contributed by atoms with E-state index in [0.717, 1.165) is 4.90 Å². The first-order valence-corrected chi connectivity index (χ1v) is 4.85. The lowest BCUT2D eigenvalue weighted by atomic mass is 10.3. The van der Waals surface area contributed by atoms with Crippen molar-refractivity contribution >= 4 is 5.91 Å². The topological polar surface area (TPSA) is 32.3 Å². The van der Waals surface area contributed by atoms with Crippen LogP contribution in [0.15, 0.2) is 0 Å². The van der Waals surface area contributed by atoms with Gasteiger partial charge in [-0.05, 0) is 20.4 Å². The third-order valence-corrected chi connectivity index (χ3v) is 1.82. The van der Waals surface area contributed by atoms with Crippen LogP contribution in [-0.2, 0) is 4.79 Å². The van der Waals surface area contributed by atoms with Gasteiger partial charge in [-0.1, -0.05) is 6.92 Å². The van der Waals surface area contributed by atoms with Crippen molar-refractivity contribution < 1.29 is 18.0 Å². The van der Waals surface area contributed by atoms with E-state index in [1.54, 1.807) is 20.8 Å². The van der Waals surface area contributed by atoms with Crippen molar-refractivity contribution in [2.45, 2.75) is 33.0 Å². The molecule has 0 saturated heterocycles. The second-order valence-electron chi connectivity index (χ2n) is 3.51.